The molecule has 1 N–H and O–H groups in total. The third kappa shape index (κ3) is 2.80. The molecular weight excluding hydrogens is 364 g/mol. The molecule has 0 spiro atoms. The minimum Gasteiger partial charge on any atom is -0.377 e. The summed E-state index contributed by atoms with van der Waals surface area (Å²) in [4.78, 5) is 1.74. The van der Waals surface area contributed by atoms with Crippen molar-refractivity contribution in [3.05, 3.63) is 58.3 Å². The standard InChI is InChI=1S/C20H24N2O2S2/c1-3-22(4-2)26(23,24)14-10-11-18-17(13-14)15-7-5-8-16(15)20(21-18)19-9-6-12-25-19/h5-7,9-13,15-16,20-21H,3-4,8H2,1-2H3. The molecule has 1 aromatic heterocycles. The first kappa shape index (κ1) is 17.8. The number of nitrogens with zero attached hydrogens (tertiary/aromatic N) is 1. The van der Waals surface area contributed by atoms with Crippen molar-refractivity contribution < 1.29 is 8.42 Å². The molecule has 6 heteroatoms. The maximum atomic E-state index is 12.9. The van der Waals surface area contributed by atoms with Crippen LogP contribution in [0.5, 0.6) is 0 Å². The molecule has 0 amide bonds. The van der Waals surface area contributed by atoms with E-state index in [0.29, 0.717) is 23.9 Å². The van der Waals surface area contributed by atoms with Gasteiger partial charge in [0.2, 0.25) is 10.0 Å². The fraction of sp³-hybridized carbons (Fsp3) is 0.400. The van der Waals surface area contributed by atoms with Gasteiger partial charge in [-0.25, -0.2) is 8.42 Å². The van der Waals surface area contributed by atoms with E-state index < -0.39 is 10.0 Å². The van der Waals surface area contributed by atoms with Gasteiger partial charge in [0.15, 0.2) is 0 Å². The van der Waals surface area contributed by atoms with E-state index in [9.17, 15) is 8.42 Å². The number of thiophene rings is 1. The molecule has 1 aliphatic heterocycles. The van der Waals surface area contributed by atoms with Crippen LogP contribution in [0.1, 0.15) is 42.7 Å². The highest BCUT2D eigenvalue weighted by Crippen LogP contribution is 2.50. The van der Waals surface area contributed by atoms with Gasteiger partial charge in [0, 0.05) is 29.6 Å². The van der Waals surface area contributed by atoms with Crippen molar-refractivity contribution >= 4 is 27.0 Å². The molecule has 0 saturated carbocycles. The van der Waals surface area contributed by atoms with Crippen molar-refractivity contribution in [2.75, 3.05) is 18.4 Å². The van der Waals surface area contributed by atoms with E-state index in [1.165, 1.54) is 9.18 Å². The lowest BCUT2D eigenvalue weighted by atomic mass is 9.79. The van der Waals surface area contributed by atoms with Gasteiger partial charge in [0.1, 0.15) is 0 Å². The molecule has 3 atom stereocenters. The van der Waals surface area contributed by atoms with E-state index >= 15 is 0 Å². The zero-order valence-electron chi connectivity index (χ0n) is 15.1. The number of nitrogens with one attached hydrogen (secondary N) is 1. The monoisotopic (exact) mass is 388 g/mol. The molecule has 0 fully saturated rings. The summed E-state index contributed by atoms with van der Waals surface area (Å²) in [6.07, 6.45) is 5.50. The lowest BCUT2D eigenvalue weighted by Crippen LogP contribution is -2.32. The van der Waals surface area contributed by atoms with Crippen LogP contribution in [0.4, 0.5) is 5.69 Å². The summed E-state index contributed by atoms with van der Waals surface area (Å²) in [7, 11) is -3.44. The molecule has 2 aromatic rings. The van der Waals surface area contributed by atoms with Crippen molar-refractivity contribution in [2.24, 2.45) is 5.92 Å². The Balaban J connectivity index is 1.75. The van der Waals surface area contributed by atoms with Crippen molar-refractivity contribution in [1.82, 2.24) is 4.31 Å². The Bertz CT molecular complexity index is 915. The van der Waals surface area contributed by atoms with Gasteiger partial charge in [-0.15, -0.1) is 11.3 Å². The van der Waals surface area contributed by atoms with Crippen LogP contribution in [0.15, 0.2) is 52.8 Å². The van der Waals surface area contributed by atoms with Crippen LogP contribution in [0.25, 0.3) is 0 Å². The maximum absolute atomic E-state index is 12.9. The Hall–Kier alpha value is -1.63. The average Bonchev–Trinajstić information content (AvgIpc) is 3.33. The Labute approximate surface area is 159 Å². The molecule has 4 nitrogen and oxygen atoms in total. The van der Waals surface area contributed by atoms with Crippen LogP contribution in [0.2, 0.25) is 0 Å². The largest absolute Gasteiger partial charge is 0.377 e. The predicted octanol–water partition coefficient (Wildman–Crippen LogP) is 4.61. The van der Waals surface area contributed by atoms with Gasteiger partial charge in [-0.1, -0.05) is 32.1 Å². The van der Waals surface area contributed by atoms with Crippen LogP contribution >= 0.6 is 11.3 Å². The van der Waals surface area contributed by atoms with Gasteiger partial charge in [-0.2, -0.15) is 4.31 Å². The SMILES string of the molecule is CCN(CC)S(=O)(=O)c1ccc2c(c1)C1C=CCC1C(c1cccs1)N2. The highest BCUT2D eigenvalue weighted by molar-refractivity contribution is 7.89. The second kappa shape index (κ2) is 6.83. The first-order chi connectivity index (χ1) is 12.6. The Morgan fingerprint density at radius 3 is 2.73 bits per heavy atom. The van der Waals surface area contributed by atoms with Gasteiger partial charge in [-0.05, 0) is 47.5 Å². The van der Waals surface area contributed by atoms with Crippen LogP contribution < -0.4 is 5.32 Å². The fourth-order valence-corrected chi connectivity index (χ4v) is 6.54. The Kier molecular flexibility index (Phi) is 4.67. The minimum absolute atomic E-state index is 0.269. The average molecular weight is 389 g/mol. The molecular formula is C20H24N2O2S2. The summed E-state index contributed by atoms with van der Waals surface area (Å²) in [5.41, 5.74) is 2.15. The summed E-state index contributed by atoms with van der Waals surface area (Å²) in [5.74, 6) is 0.706. The summed E-state index contributed by atoms with van der Waals surface area (Å²) in [6.45, 7) is 4.73. The molecule has 26 heavy (non-hydrogen) atoms. The first-order valence-electron chi connectivity index (χ1n) is 9.17. The van der Waals surface area contributed by atoms with E-state index in [4.69, 9.17) is 0 Å². The lowest BCUT2D eigenvalue weighted by molar-refractivity contribution is 0.428. The predicted molar refractivity (Wildman–Crippen MR) is 107 cm³/mol. The summed E-state index contributed by atoms with van der Waals surface area (Å²) in [5, 5.41) is 5.78. The van der Waals surface area contributed by atoms with Crippen LogP contribution in [0.3, 0.4) is 0 Å². The van der Waals surface area contributed by atoms with E-state index in [0.717, 1.165) is 17.7 Å². The number of rotatable bonds is 5. The fourth-order valence-electron chi connectivity index (χ4n) is 4.20. The van der Waals surface area contributed by atoms with Gasteiger partial charge >= 0.3 is 0 Å². The highest BCUT2D eigenvalue weighted by Gasteiger charge is 2.39. The molecule has 4 rings (SSSR count). The smallest absolute Gasteiger partial charge is 0.243 e. The lowest BCUT2D eigenvalue weighted by Gasteiger charge is -2.37. The number of fused-ring (bicyclic) bond motifs is 3. The third-order valence-electron chi connectivity index (χ3n) is 5.53. The summed E-state index contributed by atoms with van der Waals surface area (Å²) >= 11 is 1.78. The number of hydrogen-bond donors (Lipinski definition) is 1. The zero-order valence-corrected chi connectivity index (χ0v) is 16.7. The Morgan fingerprint density at radius 2 is 2.04 bits per heavy atom. The molecule has 1 aliphatic carbocycles. The highest BCUT2D eigenvalue weighted by atomic mass is 32.2. The van der Waals surface area contributed by atoms with Crippen molar-refractivity contribution in [3.8, 4) is 0 Å². The van der Waals surface area contributed by atoms with Gasteiger partial charge in [-0.3, -0.25) is 0 Å². The van der Waals surface area contributed by atoms with Crippen LogP contribution in [0, 0.1) is 5.92 Å². The molecule has 2 aliphatic rings. The number of anilines is 1. The quantitative estimate of drug-likeness (QED) is 0.761. The summed E-state index contributed by atoms with van der Waals surface area (Å²) < 4.78 is 27.3. The molecule has 1 aromatic carbocycles. The maximum Gasteiger partial charge on any atom is 0.243 e. The molecule has 138 valence electrons. The number of sulfonamides is 1. The van der Waals surface area contributed by atoms with Crippen molar-refractivity contribution in [2.45, 2.75) is 37.1 Å². The van der Waals surface area contributed by atoms with Gasteiger partial charge < -0.3 is 5.32 Å². The topological polar surface area (TPSA) is 49.4 Å². The first-order valence-corrected chi connectivity index (χ1v) is 11.5. The Morgan fingerprint density at radius 1 is 1.23 bits per heavy atom. The molecule has 0 saturated heterocycles. The van der Waals surface area contributed by atoms with Crippen molar-refractivity contribution in [3.63, 3.8) is 0 Å². The van der Waals surface area contributed by atoms with Crippen molar-refractivity contribution in [1.29, 1.82) is 0 Å². The van der Waals surface area contributed by atoms with Gasteiger partial charge in [0.05, 0.1) is 10.9 Å². The summed E-state index contributed by atoms with van der Waals surface area (Å²) in [6, 6.07) is 10.1. The number of hydrogen-bond acceptors (Lipinski definition) is 4. The second-order valence-corrected chi connectivity index (χ2v) is 9.75. The van der Waals surface area contributed by atoms with Gasteiger partial charge in [0.25, 0.3) is 0 Å². The van der Waals surface area contributed by atoms with E-state index in [1.54, 1.807) is 17.4 Å². The number of allylic oxidation sites excluding steroid dienone is 2. The van der Waals surface area contributed by atoms with E-state index in [1.807, 2.05) is 26.0 Å². The second-order valence-electron chi connectivity index (χ2n) is 6.83. The van der Waals surface area contributed by atoms with Crippen LogP contribution in [-0.2, 0) is 10.0 Å². The molecule has 0 bridgehead atoms. The zero-order chi connectivity index (χ0) is 18.3. The van der Waals surface area contributed by atoms with E-state index in [2.05, 4.69) is 35.0 Å². The minimum atomic E-state index is -3.44. The molecule has 0 radical (unpaired) electrons. The normalized spacial score (nSPS) is 24.3. The van der Waals surface area contributed by atoms with Crippen LogP contribution in [-0.4, -0.2) is 25.8 Å². The third-order valence-corrected chi connectivity index (χ3v) is 8.53. The molecule has 2 heterocycles. The van der Waals surface area contributed by atoms with E-state index in [-0.39, 0.29) is 12.0 Å². The number of benzene rings is 1. The molecule has 3 unspecified atom stereocenters.